The molecule has 0 bridgehead atoms. The zero-order valence-electron chi connectivity index (χ0n) is 17.6. The lowest BCUT2D eigenvalue weighted by Gasteiger charge is -2.19. The first kappa shape index (κ1) is 22.6. The van der Waals surface area contributed by atoms with Gasteiger partial charge in [0.1, 0.15) is 0 Å². The fourth-order valence-electron chi connectivity index (χ4n) is 2.75. The summed E-state index contributed by atoms with van der Waals surface area (Å²) in [4.78, 5) is 37.9. The molecule has 0 unspecified atom stereocenters. The van der Waals surface area contributed by atoms with Crippen LogP contribution in [0.25, 0.3) is 0 Å². The van der Waals surface area contributed by atoms with Gasteiger partial charge >= 0.3 is 0 Å². The summed E-state index contributed by atoms with van der Waals surface area (Å²) in [5, 5.41) is 2.72. The maximum atomic E-state index is 12.2. The Balaban J connectivity index is 1.75. The van der Waals surface area contributed by atoms with Gasteiger partial charge in [0.25, 0.3) is 11.8 Å². The van der Waals surface area contributed by atoms with Gasteiger partial charge in [-0.25, -0.2) is 0 Å². The van der Waals surface area contributed by atoms with Crippen LogP contribution in [0.3, 0.4) is 0 Å². The van der Waals surface area contributed by atoms with E-state index >= 15 is 0 Å². The molecule has 0 fully saturated rings. The lowest BCUT2D eigenvalue weighted by atomic mass is 9.87. The summed E-state index contributed by atoms with van der Waals surface area (Å²) < 4.78 is 0. The van der Waals surface area contributed by atoms with E-state index in [1.807, 2.05) is 32.0 Å². The Morgan fingerprint density at radius 2 is 1.66 bits per heavy atom. The minimum atomic E-state index is -0.370. The topological polar surface area (TPSA) is 87.3 Å². The van der Waals surface area contributed by atoms with Crippen molar-refractivity contribution in [3.05, 3.63) is 56.8 Å². The molecule has 1 heterocycles. The highest BCUT2D eigenvalue weighted by atomic mass is 32.1. The van der Waals surface area contributed by atoms with Gasteiger partial charge in [-0.1, -0.05) is 39.8 Å². The third kappa shape index (κ3) is 6.42. The molecular weight excluding hydrogens is 386 g/mol. The predicted molar refractivity (Wildman–Crippen MR) is 116 cm³/mol. The van der Waals surface area contributed by atoms with Crippen LogP contribution in [0.2, 0.25) is 0 Å². The fourth-order valence-corrected chi connectivity index (χ4v) is 3.76. The monoisotopic (exact) mass is 415 g/mol. The largest absolute Gasteiger partial charge is 0.352 e. The number of carbonyl (C=O) groups excluding carboxylic acids is 3. The van der Waals surface area contributed by atoms with Crippen LogP contribution in [0.15, 0.2) is 30.3 Å². The highest BCUT2D eigenvalue weighted by molar-refractivity contribution is 7.14. The average molecular weight is 416 g/mol. The summed E-state index contributed by atoms with van der Waals surface area (Å²) in [5.41, 5.74) is 7.59. The standard InChI is InChI=1S/C22H29N3O3S/c1-6-17-14(2)13-18(29-17)21(28)25-24-19(26)11-12-23-20(27)15-7-9-16(10-8-15)22(3,4)5/h7-10,13H,6,11-12H2,1-5H3,(H,23,27)(H,24,26)(H,25,28). The molecule has 156 valence electrons. The summed E-state index contributed by atoms with van der Waals surface area (Å²) in [6, 6.07) is 9.25. The molecule has 1 aromatic carbocycles. The van der Waals surface area contributed by atoms with Gasteiger partial charge in [-0.05, 0) is 48.1 Å². The Kier molecular flexibility index (Phi) is 7.56. The Morgan fingerprint density at radius 3 is 2.21 bits per heavy atom. The maximum Gasteiger partial charge on any atom is 0.279 e. The molecule has 2 rings (SSSR count). The van der Waals surface area contributed by atoms with Crippen LogP contribution in [-0.2, 0) is 16.6 Å². The van der Waals surface area contributed by atoms with Gasteiger partial charge in [0.2, 0.25) is 5.91 Å². The van der Waals surface area contributed by atoms with E-state index in [-0.39, 0.29) is 36.1 Å². The lowest BCUT2D eigenvalue weighted by Crippen LogP contribution is -2.42. The summed E-state index contributed by atoms with van der Waals surface area (Å²) in [6.45, 7) is 10.5. The molecule has 2 aromatic rings. The SMILES string of the molecule is CCc1sc(C(=O)NNC(=O)CCNC(=O)c2ccc(C(C)(C)C)cc2)cc1C. The van der Waals surface area contributed by atoms with Crippen molar-refractivity contribution < 1.29 is 14.4 Å². The van der Waals surface area contributed by atoms with E-state index in [0.717, 1.165) is 22.4 Å². The van der Waals surface area contributed by atoms with Crippen molar-refractivity contribution in [1.29, 1.82) is 0 Å². The number of carbonyl (C=O) groups is 3. The van der Waals surface area contributed by atoms with Crippen LogP contribution in [0.1, 0.15) is 70.1 Å². The number of benzene rings is 1. The lowest BCUT2D eigenvalue weighted by molar-refractivity contribution is -0.121. The molecule has 0 radical (unpaired) electrons. The van der Waals surface area contributed by atoms with E-state index < -0.39 is 0 Å². The van der Waals surface area contributed by atoms with Crippen LogP contribution >= 0.6 is 11.3 Å². The summed E-state index contributed by atoms with van der Waals surface area (Å²) in [7, 11) is 0. The van der Waals surface area contributed by atoms with Crippen LogP contribution < -0.4 is 16.2 Å². The van der Waals surface area contributed by atoms with Gasteiger partial charge in [0.05, 0.1) is 4.88 Å². The van der Waals surface area contributed by atoms with Crippen LogP contribution in [-0.4, -0.2) is 24.3 Å². The zero-order valence-corrected chi connectivity index (χ0v) is 18.5. The van der Waals surface area contributed by atoms with Crippen molar-refractivity contribution >= 4 is 29.1 Å². The average Bonchev–Trinajstić information content (AvgIpc) is 3.06. The first-order valence-corrected chi connectivity index (χ1v) is 10.5. The van der Waals surface area contributed by atoms with Crippen molar-refractivity contribution in [1.82, 2.24) is 16.2 Å². The van der Waals surface area contributed by atoms with Gasteiger partial charge in [0, 0.05) is 23.4 Å². The summed E-state index contributed by atoms with van der Waals surface area (Å²) in [6.07, 6.45) is 0.935. The second kappa shape index (κ2) is 9.69. The van der Waals surface area contributed by atoms with Crippen molar-refractivity contribution in [2.75, 3.05) is 6.54 Å². The van der Waals surface area contributed by atoms with E-state index in [2.05, 4.69) is 36.9 Å². The molecule has 0 aliphatic heterocycles. The number of nitrogens with one attached hydrogen (secondary N) is 3. The van der Waals surface area contributed by atoms with E-state index in [4.69, 9.17) is 0 Å². The van der Waals surface area contributed by atoms with Gasteiger partial charge in [-0.2, -0.15) is 0 Å². The van der Waals surface area contributed by atoms with Crippen molar-refractivity contribution in [3.8, 4) is 0 Å². The number of thiophene rings is 1. The minimum Gasteiger partial charge on any atom is -0.352 e. The molecule has 3 amide bonds. The van der Waals surface area contributed by atoms with Gasteiger partial charge in [-0.3, -0.25) is 25.2 Å². The Morgan fingerprint density at radius 1 is 1.00 bits per heavy atom. The van der Waals surface area contributed by atoms with Gasteiger partial charge < -0.3 is 5.32 Å². The second-order valence-corrected chi connectivity index (χ2v) is 9.04. The number of amides is 3. The number of rotatable bonds is 6. The number of hydrogen-bond donors (Lipinski definition) is 3. The van der Waals surface area contributed by atoms with Gasteiger partial charge in [-0.15, -0.1) is 11.3 Å². The van der Waals surface area contributed by atoms with E-state index in [0.29, 0.717) is 10.4 Å². The Labute approximate surface area is 176 Å². The molecule has 1 aromatic heterocycles. The summed E-state index contributed by atoms with van der Waals surface area (Å²) >= 11 is 1.42. The minimum absolute atomic E-state index is 0.0252. The first-order valence-electron chi connectivity index (χ1n) is 9.69. The van der Waals surface area contributed by atoms with Crippen LogP contribution in [0, 0.1) is 6.92 Å². The molecule has 0 aliphatic carbocycles. The number of hydrazine groups is 1. The van der Waals surface area contributed by atoms with E-state index in [1.54, 1.807) is 12.1 Å². The quantitative estimate of drug-likeness (QED) is 0.631. The molecule has 3 N–H and O–H groups in total. The molecule has 6 nitrogen and oxygen atoms in total. The van der Waals surface area contributed by atoms with Crippen molar-refractivity contribution in [2.45, 2.75) is 52.9 Å². The normalized spacial score (nSPS) is 11.1. The molecule has 7 heteroatoms. The van der Waals surface area contributed by atoms with Crippen molar-refractivity contribution in [3.63, 3.8) is 0 Å². The van der Waals surface area contributed by atoms with Crippen LogP contribution in [0.4, 0.5) is 0 Å². The molecule has 29 heavy (non-hydrogen) atoms. The number of hydrogen-bond acceptors (Lipinski definition) is 4. The fraction of sp³-hybridized carbons (Fsp3) is 0.409. The van der Waals surface area contributed by atoms with Crippen LogP contribution in [0.5, 0.6) is 0 Å². The van der Waals surface area contributed by atoms with Gasteiger partial charge in [0.15, 0.2) is 0 Å². The smallest absolute Gasteiger partial charge is 0.279 e. The highest BCUT2D eigenvalue weighted by Gasteiger charge is 2.15. The number of aryl methyl sites for hydroxylation is 2. The molecular formula is C22H29N3O3S. The second-order valence-electron chi connectivity index (χ2n) is 7.91. The summed E-state index contributed by atoms with van der Waals surface area (Å²) in [5.74, 6) is -0.941. The Bertz CT molecular complexity index is 880. The Hall–Kier alpha value is -2.67. The third-order valence-electron chi connectivity index (χ3n) is 4.53. The van der Waals surface area contributed by atoms with E-state index in [1.165, 1.54) is 11.3 Å². The molecule has 0 saturated heterocycles. The maximum absolute atomic E-state index is 12.2. The highest BCUT2D eigenvalue weighted by Crippen LogP contribution is 2.22. The predicted octanol–water partition coefficient (Wildman–Crippen LogP) is 3.50. The molecule has 0 aliphatic rings. The molecule has 0 saturated carbocycles. The molecule has 0 atom stereocenters. The van der Waals surface area contributed by atoms with E-state index in [9.17, 15) is 14.4 Å². The molecule has 0 spiro atoms. The first-order chi connectivity index (χ1) is 13.6. The zero-order chi connectivity index (χ0) is 21.6. The third-order valence-corrected chi connectivity index (χ3v) is 5.91. The van der Waals surface area contributed by atoms with Crippen molar-refractivity contribution in [2.24, 2.45) is 0 Å².